The highest BCUT2D eigenvalue weighted by atomic mass is 32.2. The van der Waals surface area contributed by atoms with E-state index in [1.807, 2.05) is 0 Å². The summed E-state index contributed by atoms with van der Waals surface area (Å²) in [6, 6.07) is 0. The van der Waals surface area contributed by atoms with Crippen LogP contribution < -0.4 is 0 Å². The minimum absolute atomic E-state index is 0.129. The summed E-state index contributed by atoms with van der Waals surface area (Å²) in [5.41, 5.74) is 0. The van der Waals surface area contributed by atoms with E-state index in [0.717, 1.165) is 19.3 Å². The summed E-state index contributed by atoms with van der Waals surface area (Å²) >= 11 is 0. The molecule has 0 saturated heterocycles. The van der Waals surface area contributed by atoms with Crippen LogP contribution in [0.1, 0.15) is 123 Å². The molecule has 8 heteroatoms. The van der Waals surface area contributed by atoms with Gasteiger partial charge in [0.05, 0.1) is 13.0 Å². The average molecular weight is 505 g/mol. The molecule has 0 spiro atoms. The summed E-state index contributed by atoms with van der Waals surface area (Å²) < 4.78 is 41.8. The summed E-state index contributed by atoms with van der Waals surface area (Å²) in [5, 5.41) is -1.96. The van der Waals surface area contributed by atoms with Gasteiger partial charge in [0, 0.05) is 0 Å². The first kappa shape index (κ1) is 32.6. The van der Waals surface area contributed by atoms with Crippen molar-refractivity contribution < 1.29 is 32.0 Å². The van der Waals surface area contributed by atoms with E-state index in [4.69, 9.17) is 9.47 Å². The Hall–Kier alpha value is -1.41. The van der Waals surface area contributed by atoms with Crippen molar-refractivity contribution in [1.29, 1.82) is 0 Å². The van der Waals surface area contributed by atoms with Gasteiger partial charge in [-0.1, -0.05) is 115 Å². The van der Waals surface area contributed by atoms with Crippen LogP contribution in [-0.2, 0) is 29.2 Å². The van der Waals surface area contributed by atoms with Gasteiger partial charge >= 0.3 is 11.9 Å². The fourth-order valence-electron chi connectivity index (χ4n) is 3.68. The predicted octanol–water partition coefficient (Wildman–Crippen LogP) is 6.56. The van der Waals surface area contributed by atoms with Gasteiger partial charge in [-0.15, -0.1) is 0 Å². The third-order valence-corrected chi connectivity index (χ3v) is 6.87. The molecular weight excluding hydrogens is 456 g/mol. The van der Waals surface area contributed by atoms with Crippen LogP contribution in [0.3, 0.4) is 0 Å². The first-order valence-corrected chi connectivity index (χ1v) is 14.7. The van der Waals surface area contributed by atoms with Gasteiger partial charge in [0.25, 0.3) is 10.1 Å². The van der Waals surface area contributed by atoms with Crippen molar-refractivity contribution in [3.8, 4) is 0 Å². The molecule has 1 unspecified atom stereocenters. The van der Waals surface area contributed by atoms with E-state index in [-0.39, 0.29) is 13.2 Å². The molecule has 0 aromatic heterocycles. The lowest BCUT2D eigenvalue weighted by Crippen LogP contribution is -2.34. The first-order chi connectivity index (χ1) is 16.3. The second-order valence-corrected chi connectivity index (χ2v) is 10.5. The number of ether oxygens (including phenoxy) is 2. The van der Waals surface area contributed by atoms with Gasteiger partial charge in [0.2, 0.25) is 0 Å². The number of carbonyl (C=O) groups is 2. The molecule has 0 heterocycles. The zero-order valence-corrected chi connectivity index (χ0v) is 22.3. The molecule has 0 rings (SSSR count). The number of hydrogen-bond donors (Lipinski definition) is 1. The smallest absolute Gasteiger partial charge is 0.327 e. The second kappa shape index (κ2) is 22.1. The van der Waals surface area contributed by atoms with E-state index in [0.29, 0.717) is 6.42 Å². The Labute approximate surface area is 207 Å². The highest BCUT2D eigenvalue weighted by Gasteiger charge is 2.35. The van der Waals surface area contributed by atoms with Gasteiger partial charge < -0.3 is 9.47 Å². The SMILES string of the molecule is C/C=C/COC(=O)C(CC(=O)OCCCCCCCCCCCCCCCCCC)S(=O)(=O)O. The van der Waals surface area contributed by atoms with Gasteiger partial charge in [-0.05, 0) is 13.3 Å². The molecule has 1 atom stereocenters. The van der Waals surface area contributed by atoms with Crippen molar-refractivity contribution in [2.24, 2.45) is 0 Å². The van der Waals surface area contributed by atoms with Gasteiger partial charge in [-0.25, -0.2) is 0 Å². The Morgan fingerprint density at radius 2 is 1.21 bits per heavy atom. The zero-order valence-electron chi connectivity index (χ0n) is 21.5. The van der Waals surface area contributed by atoms with Crippen LogP contribution in [0.5, 0.6) is 0 Å². The average Bonchev–Trinajstić information content (AvgIpc) is 2.78. The number of hydrogen-bond acceptors (Lipinski definition) is 6. The molecule has 34 heavy (non-hydrogen) atoms. The van der Waals surface area contributed by atoms with Crippen molar-refractivity contribution in [2.75, 3.05) is 13.2 Å². The van der Waals surface area contributed by atoms with Gasteiger partial charge in [0.1, 0.15) is 6.61 Å². The first-order valence-electron chi connectivity index (χ1n) is 13.2. The van der Waals surface area contributed by atoms with Crippen LogP contribution in [-0.4, -0.2) is 43.4 Å². The van der Waals surface area contributed by atoms with E-state index >= 15 is 0 Å². The molecule has 7 nitrogen and oxygen atoms in total. The standard InChI is InChI=1S/C26H48O7S/c1-3-5-7-8-9-10-11-12-13-14-15-16-17-18-19-20-22-32-25(27)23-24(34(29,30)31)26(28)33-21-6-4-2/h4,6,24H,3,5,7-23H2,1-2H3,(H,29,30,31)/b6-4+. The lowest BCUT2D eigenvalue weighted by molar-refractivity contribution is -0.149. The van der Waals surface area contributed by atoms with Crippen LogP contribution in [0, 0.1) is 0 Å². The normalized spacial score (nSPS) is 12.7. The number of rotatable bonds is 23. The molecule has 0 aromatic rings. The molecule has 0 aromatic carbocycles. The molecule has 0 bridgehead atoms. The molecule has 0 amide bonds. The van der Waals surface area contributed by atoms with Crippen molar-refractivity contribution in [3.63, 3.8) is 0 Å². The van der Waals surface area contributed by atoms with Crippen LogP contribution in [0.25, 0.3) is 0 Å². The molecule has 0 aliphatic rings. The predicted molar refractivity (Wildman–Crippen MR) is 136 cm³/mol. The summed E-state index contributed by atoms with van der Waals surface area (Å²) in [4.78, 5) is 23.7. The lowest BCUT2D eigenvalue weighted by atomic mass is 10.0. The molecular formula is C26H48O7S. The molecule has 0 fully saturated rings. The summed E-state index contributed by atoms with van der Waals surface area (Å²) in [7, 11) is -4.76. The van der Waals surface area contributed by atoms with E-state index in [1.165, 1.54) is 83.1 Å². The monoisotopic (exact) mass is 504 g/mol. The van der Waals surface area contributed by atoms with Gasteiger partial charge in [-0.3, -0.25) is 14.1 Å². The molecule has 200 valence electrons. The Morgan fingerprint density at radius 1 is 0.765 bits per heavy atom. The molecule has 0 aliphatic carbocycles. The maximum atomic E-state index is 11.9. The zero-order chi connectivity index (χ0) is 25.5. The van der Waals surface area contributed by atoms with E-state index in [9.17, 15) is 22.6 Å². The maximum Gasteiger partial charge on any atom is 0.327 e. The highest BCUT2D eigenvalue weighted by Crippen LogP contribution is 2.14. The lowest BCUT2D eigenvalue weighted by Gasteiger charge is -2.12. The summed E-state index contributed by atoms with van der Waals surface area (Å²) in [5.74, 6) is -2.01. The van der Waals surface area contributed by atoms with Crippen LogP contribution >= 0.6 is 0 Å². The van der Waals surface area contributed by atoms with Crippen molar-refractivity contribution >= 4 is 22.1 Å². The van der Waals surface area contributed by atoms with Crippen LogP contribution in [0.15, 0.2) is 12.2 Å². The molecule has 0 saturated carbocycles. The Bertz CT molecular complexity index is 644. The topological polar surface area (TPSA) is 107 Å². The Balaban J connectivity index is 3.67. The minimum atomic E-state index is -4.76. The number of carbonyl (C=O) groups excluding carboxylic acids is 2. The number of esters is 2. The third kappa shape index (κ3) is 20.0. The molecule has 1 N–H and O–H groups in total. The van der Waals surface area contributed by atoms with Crippen LogP contribution in [0.2, 0.25) is 0 Å². The molecule has 0 aliphatic heterocycles. The highest BCUT2D eigenvalue weighted by molar-refractivity contribution is 7.87. The van der Waals surface area contributed by atoms with Crippen molar-refractivity contribution in [3.05, 3.63) is 12.2 Å². The minimum Gasteiger partial charge on any atom is -0.466 e. The van der Waals surface area contributed by atoms with Gasteiger partial charge in [0.15, 0.2) is 5.25 Å². The quantitative estimate of drug-likeness (QED) is 0.0727. The fourth-order valence-corrected chi connectivity index (χ4v) is 4.33. The number of allylic oxidation sites excluding steroid dienone is 1. The largest absolute Gasteiger partial charge is 0.466 e. The van der Waals surface area contributed by atoms with Crippen molar-refractivity contribution in [2.45, 2.75) is 128 Å². The van der Waals surface area contributed by atoms with Crippen molar-refractivity contribution in [1.82, 2.24) is 0 Å². The summed E-state index contributed by atoms with van der Waals surface area (Å²) in [6.07, 6.45) is 22.3. The van der Waals surface area contributed by atoms with Crippen LogP contribution in [0.4, 0.5) is 0 Å². The third-order valence-electron chi connectivity index (χ3n) is 5.79. The van der Waals surface area contributed by atoms with E-state index in [1.54, 1.807) is 13.0 Å². The second-order valence-electron chi connectivity index (χ2n) is 8.93. The van der Waals surface area contributed by atoms with E-state index in [2.05, 4.69) is 6.92 Å². The molecule has 0 radical (unpaired) electrons. The van der Waals surface area contributed by atoms with Gasteiger partial charge in [-0.2, -0.15) is 8.42 Å². The summed E-state index contributed by atoms with van der Waals surface area (Å²) in [6.45, 7) is 4.00. The maximum absolute atomic E-state index is 11.9. The Kier molecular flexibility index (Phi) is 21.2. The van der Waals surface area contributed by atoms with E-state index < -0.39 is 33.7 Å². The fraction of sp³-hybridized carbons (Fsp3) is 0.846. The Morgan fingerprint density at radius 3 is 1.62 bits per heavy atom. The number of unbranched alkanes of at least 4 members (excludes halogenated alkanes) is 15.